The molecule has 0 aliphatic heterocycles. The van der Waals surface area contributed by atoms with E-state index in [0.29, 0.717) is 23.7 Å². The van der Waals surface area contributed by atoms with Gasteiger partial charge < -0.3 is 10.6 Å². The van der Waals surface area contributed by atoms with E-state index in [1.165, 1.54) is 0 Å². The van der Waals surface area contributed by atoms with E-state index in [2.05, 4.69) is 30.9 Å². The number of fused-ring (bicyclic) bond motifs is 1. The lowest BCUT2D eigenvalue weighted by Crippen LogP contribution is -2.37. The van der Waals surface area contributed by atoms with Crippen molar-refractivity contribution < 1.29 is 4.79 Å². The lowest BCUT2D eigenvalue weighted by Gasteiger charge is -2.28. The highest BCUT2D eigenvalue weighted by molar-refractivity contribution is 5.75. The maximum absolute atomic E-state index is 11.2. The van der Waals surface area contributed by atoms with Gasteiger partial charge in [0.15, 0.2) is 5.82 Å². The number of nitrogens with one attached hydrogen (secondary N) is 2. The van der Waals surface area contributed by atoms with Gasteiger partial charge in [0, 0.05) is 31.8 Å². The summed E-state index contributed by atoms with van der Waals surface area (Å²) in [4.78, 5) is 20.1. The molecule has 0 spiro atoms. The van der Waals surface area contributed by atoms with E-state index in [-0.39, 0.29) is 5.91 Å². The van der Waals surface area contributed by atoms with Crippen molar-refractivity contribution in [1.82, 2.24) is 30.3 Å². The molecule has 1 aromatic carbocycles. The SMILES string of the molecule is CC(=O)NC1CCC(CNc2nccc(-n3nnc4ccccc43)n2)CC1. The predicted molar refractivity (Wildman–Crippen MR) is 103 cm³/mol. The molecule has 0 radical (unpaired) electrons. The van der Waals surface area contributed by atoms with Crippen LogP contribution in [-0.4, -0.2) is 43.5 Å². The minimum atomic E-state index is 0.0578. The normalized spacial score (nSPS) is 19.7. The first-order chi connectivity index (χ1) is 13.2. The number of nitrogens with zero attached hydrogens (tertiary/aromatic N) is 5. The molecule has 8 heteroatoms. The van der Waals surface area contributed by atoms with Crippen LogP contribution in [0.2, 0.25) is 0 Å². The zero-order chi connectivity index (χ0) is 18.6. The molecule has 27 heavy (non-hydrogen) atoms. The first-order valence-corrected chi connectivity index (χ1v) is 9.34. The number of para-hydroxylation sites is 1. The van der Waals surface area contributed by atoms with Crippen LogP contribution in [0.5, 0.6) is 0 Å². The Labute approximate surface area is 157 Å². The maximum atomic E-state index is 11.2. The smallest absolute Gasteiger partial charge is 0.224 e. The summed E-state index contributed by atoms with van der Waals surface area (Å²) in [5.41, 5.74) is 1.75. The maximum Gasteiger partial charge on any atom is 0.224 e. The van der Waals surface area contributed by atoms with Crippen molar-refractivity contribution >= 4 is 22.9 Å². The number of hydrogen-bond donors (Lipinski definition) is 2. The molecular weight excluding hydrogens is 342 g/mol. The van der Waals surface area contributed by atoms with Gasteiger partial charge in [-0.25, -0.2) is 4.98 Å². The van der Waals surface area contributed by atoms with Crippen molar-refractivity contribution in [2.24, 2.45) is 5.92 Å². The Kier molecular flexibility index (Phi) is 4.95. The van der Waals surface area contributed by atoms with Crippen molar-refractivity contribution in [1.29, 1.82) is 0 Å². The number of carbonyl (C=O) groups is 1. The Morgan fingerprint density at radius 1 is 1.19 bits per heavy atom. The van der Waals surface area contributed by atoms with Gasteiger partial charge in [-0.1, -0.05) is 17.3 Å². The monoisotopic (exact) mass is 365 g/mol. The summed E-state index contributed by atoms with van der Waals surface area (Å²) in [6, 6.07) is 9.94. The van der Waals surface area contributed by atoms with Crippen LogP contribution in [-0.2, 0) is 4.79 Å². The summed E-state index contributed by atoms with van der Waals surface area (Å²) in [7, 11) is 0. The summed E-state index contributed by atoms with van der Waals surface area (Å²) >= 11 is 0. The van der Waals surface area contributed by atoms with Gasteiger partial charge in [-0.15, -0.1) is 5.10 Å². The number of carbonyl (C=O) groups excluding carboxylic acids is 1. The van der Waals surface area contributed by atoms with E-state index in [9.17, 15) is 4.79 Å². The highest BCUT2D eigenvalue weighted by atomic mass is 16.1. The fourth-order valence-corrected chi connectivity index (χ4v) is 3.62. The molecule has 1 fully saturated rings. The third kappa shape index (κ3) is 4.05. The van der Waals surface area contributed by atoms with Crippen LogP contribution >= 0.6 is 0 Å². The Balaban J connectivity index is 1.38. The molecule has 3 aromatic rings. The molecule has 2 N–H and O–H groups in total. The van der Waals surface area contributed by atoms with E-state index in [0.717, 1.165) is 43.3 Å². The van der Waals surface area contributed by atoms with Crippen LogP contribution in [0.1, 0.15) is 32.6 Å². The quantitative estimate of drug-likeness (QED) is 0.720. The lowest BCUT2D eigenvalue weighted by molar-refractivity contribution is -0.119. The third-order valence-electron chi connectivity index (χ3n) is 5.01. The zero-order valence-electron chi connectivity index (χ0n) is 15.3. The van der Waals surface area contributed by atoms with Gasteiger partial charge in [0.1, 0.15) is 5.52 Å². The Morgan fingerprint density at radius 3 is 2.81 bits per heavy atom. The summed E-state index contributed by atoms with van der Waals surface area (Å²) in [6.07, 6.45) is 5.96. The van der Waals surface area contributed by atoms with Gasteiger partial charge in [-0.05, 0) is 43.7 Å². The molecule has 1 aliphatic carbocycles. The van der Waals surface area contributed by atoms with Crippen LogP contribution in [0, 0.1) is 5.92 Å². The van der Waals surface area contributed by atoms with Gasteiger partial charge in [0.2, 0.25) is 11.9 Å². The highest BCUT2D eigenvalue weighted by Crippen LogP contribution is 2.24. The molecule has 0 unspecified atom stereocenters. The van der Waals surface area contributed by atoms with Gasteiger partial charge in [-0.2, -0.15) is 9.67 Å². The number of rotatable bonds is 5. The van der Waals surface area contributed by atoms with Gasteiger partial charge in [-0.3, -0.25) is 4.79 Å². The molecule has 1 aliphatic rings. The molecule has 8 nitrogen and oxygen atoms in total. The number of amides is 1. The fourth-order valence-electron chi connectivity index (χ4n) is 3.62. The first-order valence-electron chi connectivity index (χ1n) is 9.34. The minimum absolute atomic E-state index is 0.0578. The summed E-state index contributed by atoms with van der Waals surface area (Å²) in [5.74, 6) is 1.91. The predicted octanol–water partition coefficient (Wildman–Crippen LogP) is 2.32. The topological polar surface area (TPSA) is 97.6 Å². The second kappa shape index (κ2) is 7.69. The van der Waals surface area contributed by atoms with Crippen molar-refractivity contribution in [3.63, 3.8) is 0 Å². The minimum Gasteiger partial charge on any atom is -0.354 e. The molecule has 140 valence electrons. The van der Waals surface area contributed by atoms with Crippen LogP contribution in [0.15, 0.2) is 36.5 Å². The lowest BCUT2D eigenvalue weighted by atomic mass is 9.86. The van der Waals surface area contributed by atoms with E-state index >= 15 is 0 Å². The zero-order valence-corrected chi connectivity index (χ0v) is 15.3. The van der Waals surface area contributed by atoms with Crippen LogP contribution in [0.4, 0.5) is 5.95 Å². The van der Waals surface area contributed by atoms with Crippen molar-refractivity contribution in [2.75, 3.05) is 11.9 Å². The van der Waals surface area contributed by atoms with Crippen molar-refractivity contribution in [2.45, 2.75) is 38.6 Å². The number of hydrogen-bond acceptors (Lipinski definition) is 6. The molecule has 1 amide bonds. The average Bonchev–Trinajstić information content (AvgIpc) is 3.11. The Morgan fingerprint density at radius 2 is 2.00 bits per heavy atom. The highest BCUT2D eigenvalue weighted by Gasteiger charge is 2.21. The van der Waals surface area contributed by atoms with Gasteiger partial charge in [0.05, 0.1) is 5.52 Å². The molecular formula is C19H23N7O. The standard InChI is InChI=1S/C19H23N7O/c1-13(27)22-15-8-6-14(7-9-15)12-21-19-20-11-10-18(23-19)26-17-5-3-2-4-16(17)24-25-26/h2-5,10-11,14-15H,6-9,12H2,1H3,(H,22,27)(H,20,21,23). The van der Waals surface area contributed by atoms with E-state index in [4.69, 9.17) is 0 Å². The average molecular weight is 365 g/mol. The summed E-state index contributed by atoms with van der Waals surface area (Å²) in [6.45, 7) is 2.41. The van der Waals surface area contributed by atoms with E-state index in [1.54, 1.807) is 17.8 Å². The fraction of sp³-hybridized carbons (Fsp3) is 0.421. The van der Waals surface area contributed by atoms with Gasteiger partial charge in [0.25, 0.3) is 0 Å². The van der Waals surface area contributed by atoms with Gasteiger partial charge >= 0.3 is 0 Å². The van der Waals surface area contributed by atoms with Crippen LogP contribution in [0.25, 0.3) is 16.9 Å². The van der Waals surface area contributed by atoms with Crippen LogP contribution in [0.3, 0.4) is 0 Å². The Bertz CT molecular complexity index is 930. The summed E-state index contributed by atoms with van der Waals surface area (Å²) < 4.78 is 1.72. The number of aromatic nitrogens is 5. The molecule has 0 bridgehead atoms. The molecule has 4 rings (SSSR count). The first kappa shape index (κ1) is 17.4. The summed E-state index contributed by atoms with van der Waals surface area (Å²) in [5, 5.41) is 14.7. The van der Waals surface area contributed by atoms with Crippen LogP contribution < -0.4 is 10.6 Å². The third-order valence-corrected chi connectivity index (χ3v) is 5.01. The van der Waals surface area contributed by atoms with Crippen molar-refractivity contribution in [3.05, 3.63) is 36.5 Å². The number of anilines is 1. The Hall–Kier alpha value is -3.03. The number of benzene rings is 1. The molecule has 2 aromatic heterocycles. The van der Waals surface area contributed by atoms with E-state index < -0.39 is 0 Å². The molecule has 1 saturated carbocycles. The van der Waals surface area contributed by atoms with E-state index in [1.807, 2.05) is 30.3 Å². The molecule has 0 saturated heterocycles. The second-order valence-corrected chi connectivity index (χ2v) is 7.03. The largest absolute Gasteiger partial charge is 0.354 e. The molecule has 0 atom stereocenters. The van der Waals surface area contributed by atoms with Crippen molar-refractivity contribution in [3.8, 4) is 5.82 Å². The second-order valence-electron chi connectivity index (χ2n) is 7.03. The molecule has 2 heterocycles.